The number of aryl methyl sites for hydroxylation is 1. The molecule has 0 unspecified atom stereocenters. The van der Waals surface area contributed by atoms with E-state index in [1.165, 1.54) is 0 Å². The molecule has 2 rings (SSSR count). The minimum absolute atomic E-state index is 0.783. The van der Waals surface area contributed by atoms with Crippen LogP contribution in [0, 0.1) is 0 Å². The molecule has 100 valence electrons. The summed E-state index contributed by atoms with van der Waals surface area (Å²) in [5.41, 5.74) is 2.10. The number of nitrogens with zero attached hydrogens (tertiary/aromatic N) is 2. The molecule has 0 aliphatic heterocycles. The highest BCUT2D eigenvalue weighted by molar-refractivity contribution is 9.10. The molecule has 19 heavy (non-hydrogen) atoms. The van der Waals surface area contributed by atoms with E-state index < -0.39 is 0 Å². The Kier molecular flexibility index (Phi) is 4.91. The third kappa shape index (κ3) is 3.77. The quantitative estimate of drug-likeness (QED) is 0.893. The van der Waals surface area contributed by atoms with Crippen molar-refractivity contribution in [3.05, 3.63) is 40.5 Å². The topological polar surface area (TPSA) is 37.8 Å². The zero-order valence-electron chi connectivity index (χ0n) is 11.3. The zero-order valence-corrected chi connectivity index (χ0v) is 12.9. The Bertz CT molecular complexity index is 538. The van der Waals surface area contributed by atoms with Crippen molar-refractivity contribution in [2.75, 3.05) is 11.9 Å². The lowest BCUT2D eigenvalue weighted by atomic mass is 10.2. The van der Waals surface area contributed by atoms with Crippen molar-refractivity contribution in [1.82, 2.24) is 9.97 Å². The molecular weight excluding hydrogens is 302 g/mol. The first-order valence-corrected chi connectivity index (χ1v) is 7.40. The van der Waals surface area contributed by atoms with E-state index in [0.717, 1.165) is 46.8 Å². The number of aromatic nitrogens is 2. The second-order valence-corrected chi connectivity index (χ2v) is 5.27. The van der Waals surface area contributed by atoms with Gasteiger partial charge in [0, 0.05) is 28.3 Å². The summed E-state index contributed by atoms with van der Waals surface area (Å²) in [4.78, 5) is 9.17. The van der Waals surface area contributed by atoms with Crippen LogP contribution in [0.3, 0.4) is 0 Å². The van der Waals surface area contributed by atoms with Crippen molar-refractivity contribution in [2.24, 2.45) is 0 Å². The van der Waals surface area contributed by atoms with Crippen LogP contribution in [0.2, 0.25) is 0 Å². The van der Waals surface area contributed by atoms with Gasteiger partial charge in [-0.05, 0) is 25.0 Å². The number of benzene rings is 1. The fraction of sp³-hybridized carbons (Fsp3) is 0.333. The monoisotopic (exact) mass is 319 g/mol. The molecule has 3 nitrogen and oxygen atoms in total. The molecule has 1 heterocycles. The molecule has 0 bridgehead atoms. The number of halogens is 1. The average Bonchev–Trinajstić information content (AvgIpc) is 2.45. The number of nitrogens with one attached hydrogen (secondary N) is 1. The van der Waals surface area contributed by atoms with Crippen molar-refractivity contribution >= 4 is 21.7 Å². The first-order chi connectivity index (χ1) is 9.22. The maximum absolute atomic E-state index is 4.59. The van der Waals surface area contributed by atoms with Gasteiger partial charge >= 0.3 is 0 Å². The predicted octanol–water partition coefficient (Wildman–Crippen LogP) is 4.29. The van der Waals surface area contributed by atoms with Crippen LogP contribution >= 0.6 is 15.9 Å². The van der Waals surface area contributed by atoms with Gasteiger partial charge < -0.3 is 5.32 Å². The zero-order chi connectivity index (χ0) is 13.7. The van der Waals surface area contributed by atoms with E-state index in [0.29, 0.717) is 0 Å². The summed E-state index contributed by atoms with van der Waals surface area (Å²) in [6, 6.07) is 10.1. The van der Waals surface area contributed by atoms with Gasteiger partial charge in [0.05, 0.1) is 0 Å². The smallest absolute Gasteiger partial charge is 0.161 e. The van der Waals surface area contributed by atoms with Gasteiger partial charge in [0.2, 0.25) is 0 Å². The normalized spacial score (nSPS) is 10.5. The first-order valence-electron chi connectivity index (χ1n) is 6.60. The standard InChI is InChI=1S/C15H18BrN3/c1-3-9-17-14-10-13(4-2)18-15(19-14)11-5-7-12(16)8-6-11/h5-8,10H,3-4,9H2,1-2H3,(H,17,18,19). The largest absolute Gasteiger partial charge is 0.370 e. The summed E-state index contributed by atoms with van der Waals surface area (Å²) in [6.45, 7) is 5.18. The third-order valence-corrected chi connectivity index (χ3v) is 3.33. The van der Waals surface area contributed by atoms with Crippen molar-refractivity contribution in [3.63, 3.8) is 0 Å². The molecule has 0 saturated carbocycles. The second kappa shape index (κ2) is 6.66. The van der Waals surface area contributed by atoms with Gasteiger partial charge in [-0.3, -0.25) is 0 Å². The molecular formula is C15H18BrN3. The summed E-state index contributed by atoms with van der Waals surface area (Å²) >= 11 is 3.44. The van der Waals surface area contributed by atoms with Crippen molar-refractivity contribution in [2.45, 2.75) is 26.7 Å². The summed E-state index contributed by atoms with van der Waals surface area (Å²) in [5, 5.41) is 3.33. The van der Waals surface area contributed by atoms with E-state index in [1.54, 1.807) is 0 Å². The van der Waals surface area contributed by atoms with Crippen LogP contribution in [0.1, 0.15) is 26.0 Å². The number of hydrogen-bond acceptors (Lipinski definition) is 3. The lowest BCUT2D eigenvalue weighted by Crippen LogP contribution is -2.05. The second-order valence-electron chi connectivity index (χ2n) is 4.36. The van der Waals surface area contributed by atoms with E-state index in [1.807, 2.05) is 30.3 Å². The Morgan fingerprint density at radius 2 is 1.84 bits per heavy atom. The first kappa shape index (κ1) is 14.0. The number of rotatable bonds is 5. The number of hydrogen-bond donors (Lipinski definition) is 1. The molecule has 2 aromatic rings. The van der Waals surface area contributed by atoms with Crippen LogP contribution in [0.15, 0.2) is 34.8 Å². The highest BCUT2D eigenvalue weighted by Crippen LogP contribution is 2.20. The highest BCUT2D eigenvalue weighted by atomic mass is 79.9. The van der Waals surface area contributed by atoms with Gasteiger partial charge in [-0.25, -0.2) is 9.97 Å². The maximum Gasteiger partial charge on any atom is 0.161 e. The predicted molar refractivity (Wildman–Crippen MR) is 83.3 cm³/mol. The molecule has 1 aromatic carbocycles. The lowest BCUT2D eigenvalue weighted by Gasteiger charge is -2.09. The highest BCUT2D eigenvalue weighted by Gasteiger charge is 2.06. The molecule has 1 N–H and O–H groups in total. The van der Waals surface area contributed by atoms with E-state index in [-0.39, 0.29) is 0 Å². The van der Waals surface area contributed by atoms with E-state index in [4.69, 9.17) is 0 Å². The summed E-state index contributed by atoms with van der Waals surface area (Å²) in [6.07, 6.45) is 1.99. The molecule has 0 amide bonds. The summed E-state index contributed by atoms with van der Waals surface area (Å²) < 4.78 is 1.06. The van der Waals surface area contributed by atoms with Crippen molar-refractivity contribution in [1.29, 1.82) is 0 Å². The Morgan fingerprint density at radius 1 is 1.11 bits per heavy atom. The van der Waals surface area contributed by atoms with Crippen molar-refractivity contribution < 1.29 is 0 Å². The number of anilines is 1. The van der Waals surface area contributed by atoms with Gasteiger partial charge in [-0.1, -0.05) is 41.9 Å². The van der Waals surface area contributed by atoms with E-state index >= 15 is 0 Å². The fourth-order valence-electron chi connectivity index (χ4n) is 1.75. The van der Waals surface area contributed by atoms with Crippen LogP contribution in [-0.4, -0.2) is 16.5 Å². The minimum Gasteiger partial charge on any atom is -0.370 e. The van der Waals surface area contributed by atoms with Crippen molar-refractivity contribution in [3.8, 4) is 11.4 Å². The molecule has 0 saturated heterocycles. The Labute approximate surface area is 122 Å². The minimum atomic E-state index is 0.783. The SMILES string of the molecule is CCCNc1cc(CC)nc(-c2ccc(Br)cc2)n1. The average molecular weight is 320 g/mol. The fourth-order valence-corrected chi connectivity index (χ4v) is 2.01. The van der Waals surface area contributed by atoms with Crippen LogP contribution in [0.5, 0.6) is 0 Å². The summed E-state index contributed by atoms with van der Waals surface area (Å²) in [7, 11) is 0. The van der Waals surface area contributed by atoms with Crippen LogP contribution in [0.4, 0.5) is 5.82 Å². The molecule has 0 radical (unpaired) electrons. The molecule has 0 aliphatic carbocycles. The van der Waals surface area contributed by atoms with Gasteiger partial charge in [-0.15, -0.1) is 0 Å². The third-order valence-electron chi connectivity index (χ3n) is 2.80. The Balaban J connectivity index is 2.35. The van der Waals surface area contributed by atoms with E-state index in [2.05, 4.69) is 45.1 Å². The lowest BCUT2D eigenvalue weighted by molar-refractivity contribution is 0.951. The molecule has 0 fully saturated rings. The molecule has 0 spiro atoms. The van der Waals surface area contributed by atoms with Crippen LogP contribution < -0.4 is 5.32 Å². The molecule has 0 atom stereocenters. The van der Waals surface area contributed by atoms with Gasteiger partial charge in [0.15, 0.2) is 5.82 Å². The van der Waals surface area contributed by atoms with E-state index in [9.17, 15) is 0 Å². The van der Waals surface area contributed by atoms with Gasteiger partial charge in [0.1, 0.15) is 5.82 Å². The Morgan fingerprint density at radius 3 is 2.47 bits per heavy atom. The van der Waals surface area contributed by atoms with Gasteiger partial charge in [-0.2, -0.15) is 0 Å². The molecule has 1 aromatic heterocycles. The van der Waals surface area contributed by atoms with Gasteiger partial charge in [0.25, 0.3) is 0 Å². The molecule has 0 aliphatic rings. The summed E-state index contributed by atoms with van der Waals surface area (Å²) in [5.74, 6) is 1.69. The Hall–Kier alpha value is -1.42. The van der Waals surface area contributed by atoms with Crippen LogP contribution in [0.25, 0.3) is 11.4 Å². The maximum atomic E-state index is 4.59. The molecule has 4 heteroatoms. The van der Waals surface area contributed by atoms with Crippen LogP contribution in [-0.2, 0) is 6.42 Å².